The van der Waals surface area contributed by atoms with Gasteiger partial charge in [-0.1, -0.05) is 17.7 Å². The Morgan fingerprint density at radius 1 is 1.23 bits per heavy atom. The predicted molar refractivity (Wildman–Crippen MR) is 109 cm³/mol. The minimum Gasteiger partial charge on any atom is -0.489 e. The lowest BCUT2D eigenvalue weighted by molar-refractivity contribution is -0.147. The van der Waals surface area contributed by atoms with Crippen LogP contribution in [0.2, 0.25) is 5.02 Å². The van der Waals surface area contributed by atoms with Crippen LogP contribution in [-0.2, 0) is 27.3 Å². The molecular formula is C22H22ClF2NO5. The number of nitrogens with zero attached hydrogens (tertiary/aromatic N) is 1. The number of fused-ring (bicyclic) bond motifs is 1. The Hall–Kier alpha value is -2.87. The number of benzene rings is 2. The number of amides is 1. The Kier molecular flexibility index (Phi) is 7.00. The highest BCUT2D eigenvalue weighted by molar-refractivity contribution is 6.30. The minimum absolute atomic E-state index is 0.195. The molecule has 1 aliphatic heterocycles. The second-order valence-corrected chi connectivity index (χ2v) is 7.68. The summed E-state index contributed by atoms with van der Waals surface area (Å²) in [4.78, 5) is 26.2. The van der Waals surface area contributed by atoms with Gasteiger partial charge in [-0.15, -0.1) is 0 Å². The number of hydrogen-bond donors (Lipinski definition) is 0. The zero-order chi connectivity index (χ0) is 22.7. The summed E-state index contributed by atoms with van der Waals surface area (Å²) in [5.41, 5.74) is 1.06. The van der Waals surface area contributed by atoms with Gasteiger partial charge in [0.2, 0.25) is 0 Å². The molecule has 0 unspecified atom stereocenters. The molecule has 0 radical (unpaired) electrons. The normalized spacial score (nSPS) is 15.5. The van der Waals surface area contributed by atoms with E-state index in [1.807, 2.05) is 0 Å². The number of esters is 1. The van der Waals surface area contributed by atoms with Gasteiger partial charge in [-0.3, -0.25) is 4.90 Å². The van der Waals surface area contributed by atoms with Crippen LogP contribution in [0, 0.1) is 11.6 Å². The molecule has 1 heterocycles. The summed E-state index contributed by atoms with van der Waals surface area (Å²) in [5, 5.41) is -0.195. The molecule has 2 aromatic carbocycles. The van der Waals surface area contributed by atoms with Gasteiger partial charge < -0.3 is 14.2 Å². The van der Waals surface area contributed by atoms with Crippen molar-refractivity contribution in [2.24, 2.45) is 0 Å². The lowest BCUT2D eigenvalue weighted by atomic mass is 9.92. The number of hydrogen-bond acceptors (Lipinski definition) is 5. The lowest BCUT2D eigenvalue weighted by Crippen LogP contribution is -2.44. The molecule has 0 fully saturated rings. The molecule has 0 saturated heterocycles. The van der Waals surface area contributed by atoms with Gasteiger partial charge in [0.15, 0.2) is 11.9 Å². The second kappa shape index (κ2) is 9.51. The Morgan fingerprint density at radius 2 is 1.97 bits per heavy atom. The quantitative estimate of drug-likeness (QED) is 0.480. The molecule has 6 nitrogen and oxygen atoms in total. The molecule has 0 aliphatic carbocycles. The molecule has 1 aliphatic rings. The van der Waals surface area contributed by atoms with Crippen LogP contribution in [0.1, 0.15) is 36.6 Å². The van der Waals surface area contributed by atoms with E-state index in [2.05, 4.69) is 0 Å². The van der Waals surface area contributed by atoms with Crippen molar-refractivity contribution in [1.29, 1.82) is 0 Å². The van der Waals surface area contributed by atoms with Crippen molar-refractivity contribution >= 4 is 23.7 Å². The molecule has 1 amide bonds. The summed E-state index contributed by atoms with van der Waals surface area (Å²) in [6, 6.07) is 6.12. The summed E-state index contributed by atoms with van der Waals surface area (Å²) >= 11 is 5.71. The van der Waals surface area contributed by atoms with Crippen molar-refractivity contribution < 1.29 is 32.6 Å². The van der Waals surface area contributed by atoms with Crippen molar-refractivity contribution in [2.45, 2.75) is 39.0 Å². The predicted octanol–water partition coefficient (Wildman–Crippen LogP) is 4.81. The minimum atomic E-state index is -0.961. The highest BCUT2D eigenvalue weighted by atomic mass is 35.5. The first-order valence-electron chi connectivity index (χ1n) is 9.66. The summed E-state index contributed by atoms with van der Waals surface area (Å²) in [5.74, 6) is -1.87. The molecule has 31 heavy (non-hydrogen) atoms. The topological polar surface area (TPSA) is 65.1 Å². The maximum absolute atomic E-state index is 14.1. The molecule has 0 spiro atoms. The summed E-state index contributed by atoms with van der Waals surface area (Å²) in [6.45, 7) is 3.32. The van der Waals surface area contributed by atoms with E-state index in [1.165, 1.54) is 12.0 Å². The Labute approximate surface area is 183 Å². The van der Waals surface area contributed by atoms with Crippen LogP contribution in [0.25, 0.3) is 0 Å². The fourth-order valence-electron chi connectivity index (χ4n) is 3.38. The van der Waals surface area contributed by atoms with E-state index in [1.54, 1.807) is 32.0 Å². The third kappa shape index (κ3) is 4.90. The molecule has 0 aromatic heterocycles. The van der Waals surface area contributed by atoms with Crippen molar-refractivity contribution in [2.75, 3.05) is 13.7 Å². The summed E-state index contributed by atoms with van der Waals surface area (Å²) in [7, 11) is 1.24. The standard InChI is InChI=1S/C22H22ClF2NO5/c1-12(2)31-22(28)26-9-8-13-10-14(4-5-15(13)20(26)21(27)29-3)30-11-16-18(24)7-6-17(23)19(16)25/h4-7,10,12,20H,8-9,11H2,1-3H3/t20-/m1/s1. The number of rotatable bonds is 5. The van der Waals surface area contributed by atoms with Gasteiger partial charge in [-0.05, 0) is 55.7 Å². The van der Waals surface area contributed by atoms with Crippen LogP contribution < -0.4 is 4.74 Å². The van der Waals surface area contributed by atoms with Crippen LogP contribution in [0.15, 0.2) is 30.3 Å². The Bertz CT molecular complexity index is 998. The molecule has 1 atom stereocenters. The van der Waals surface area contributed by atoms with Crippen LogP contribution in [0.3, 0.4) is 0 Å². The van der Waals surface area contributed by atoms with Crippen LogP contribution in [0.4, 0.5) is 13.6 Å². The van der Waals surface area contributed by atoms with Crippen molar-refractivity contribution in [3.63, 3.8) is 0 Å². The van der Waals surface area contributed by atoms with E-state index in [-0.39, 0.29) is 29.8 Å². The van der Waals surface area contributed by atoms with Crippen LogP contribution in [0.5, 0.6) is 5.75 Å². The van der Waals surface area contributed by atoms with Gasteiger partial charge >= 0.3 is 12.1 Å². The number of ether oxygens (including phenoxy) is 3. The summed E-state index contributed by atoms with van der Waals surface area (Å²) < 4.78 is 43.7. The molecule has 3 rings (SSSR count). The first kappa shape index (κ1) is 22.8. The summed E-state index contributed by atoms with van der Waals surface area (Å²) in [6.07, 6.45) is -0.508. The first-order chi connectivity index (χ1) is 14.7. The second-order valence-electron chi connectivity index (χ2n) is 7.27. The fourth-order valence-corrected chi connectivity index (χ4v) is 3.56. The molecular weight excluding hydrogens is 432 g/mol. The van der Waals surface area contributed by atoms with E-state index in [4.69, 9.17) is 25.8 Å². The smallest absolute Gasteiger partial charge is 0.411 e. The lowest BCUT2D eigenvalue weighted by Gasteiger charge is -2.35. The zero-order valence-electron chi connectivity index (χ0n) is 17.3. The van der Waals surface area contributed by atoms with Gasteiger partial charge in [0, 0.05) is 6.54 Å². The van der Waals surface area contributed by atoms with Gasteiger partial charge in [-0.25, -0.2) is 18.4 Å². The van der Waals surface area contributed by atoms with Crippen LogP contribution in [-0.4, -0.2) is 36.7 Å². The van der Waals surface area contributed by atoms with E-state index < -0.39 is 29.7 Å². The molecule has 9 heteroatoms. The number of halogens is 3. The molecule has 166 valence electrons. The Balaban J connectivity index is 1.84. The molecule has 2 aromatic rings. The van der Waals surface area contributed by atoms with E-state index in [0.29, 0.717) is 17.7 Å². The van der Waals surface area contributed by atoms with Gasteiger partial charge in [0.05, 0.1) is 23.8 Å². The van der Waals surface area contributed by atoms with Gasteiger partial charge in [0.1, 0.15) is 18.2 Å². The molecule has 0 bridgehead atoms. The molecule has 0 N–H and O–H groups in total. The highest BCUT2D eigenvalue weighted by Gasteiger charge is 2.38. The number of carbonyl (C=O) groups excluding carboxylic acids is 2. The number of methoxy groups -OCH3 is 1. The van der Waals surface area contributed by atoms with Crippen LogP contribution >= 0.6 is 11.6 Å². The third-order valence-corrected chi connectivity index (χ3v) is 5.15. The fraction of sp³-hybridized carbons (Fsp3) is 0.364. The van der Waals surface area contributed by atoms with Crippen molar-refractivity contribution in [1.82, 2.24) is 4.90 Å². The first-order valence-corrected chi connectivity index (χ1v) is 10.0. The average Bonchev–Trinajstić information content (AvgIpc) is 2.74. The highest BCUT2D eigenvalue weighted by Crippen LogP contribution is 2.34. The average molecular weight is 454 g/mol. The Morgan fingerprint density at radius 3 is 2.65 bits per heavy atom. The van der Waals surface area contributed by atoms with E-state index in [0.717, 1.165) is 17.7 Å². The zero-order valence-corrected chi connectivity index (χ0v) is 18.0. The van der Waals surface area contributed by atoms with E-state index in [9.17, 15) is 18.4 Å². The number of carbonyl (C=O) groups is 2. The largest absolute Gasteiger partial charge is 0.489 e. The van der Waals surface area contributed by atoms with E-state index >= 15 is 0 Å². The monoisotopic (exact) mass is 453 g/mol. The van der Waals surface area contributed by atoms with Gasteiger partial charge in [0.25, 0.3) is 0 Å². The maximum atomic E-state index is 14.1. The van der Waals surface area contributed by atoms with Gasteiger partial charge in [-0.2, -0.15) is 0 Å². The maximum Gasteiger partial charge on any atom is 0.411 e. The third-order valence-electron chi connectivity index (χ3n) is 4.86. The molecule has 0 saturated carbocycles. The van der Waals surface area contributed by atoms with Crippen molar-refractivity contribution in [3.8, 4) is 5.75 Å². The van der Waals surface area contributed by atoms with Crippen molar-refractivity contribution in [3.05, 3.63) is 63.7 Å². The SMILES string of the molecule is COC(=O)[C@H]1c2ccc(OCc3c(F)ccc(Cl)c3F)cc2CCN1C(=O)OC(C)C.